The number of thiophene rings is 1. The molecule has 7 heteroatoms. The first kappa shape index (κ1) is 12.6. The third kappa shape index (κ3) is 2.77. The van der Waals surface area contributed by atoms with Gasteiger partial charge < -0.3 is 14.4 Å². The summed E-state index contributed by atoms with van der Waals surface area (Å²) in [5, 5.41) is 12.2. The van der Waals surface area contributed by atoms with Gasteiger partial charge in [0.25, 0.3) is 0 Å². The predicted octanol–water partition coefficient (Wildman–Crippen LogP) is 2.88. The van der Waals surface area contributed by atoms with Crippen molar-refractivity contribution in [2.45, 2.75) is 13.3 Å². The zero-order valence-electron chi connectivity index (χ0n) is 10.6. The number of hydrogen-bond acceptors (Lipinski definition) is 6. The molecule has 0 saturated heterocycles. The Morgan fingerprint density at radius 3 is 2.95 bits per heavy atom. The van der Waals surface area contributed by atoms with E-state index in [0.29, 0.717) is 23.0 Å². The van der Waals surface area contributed by atoms with E-state index in [9.17, 15) is 4.79 Å². The molecule has 0 spiro atoms. The van der Waals surface area contributed by atoms with Crippen LogP contribution >= 0.6 is 11.3 Å². The lowest BCUT2D eigenvalue weighted by Crippen LogP contribution is -2.14. The molecule has 3 heterocycles. The normalized spacial score (nSPS) is 10.7. The quantitative estimate of drug-likeness (QED) is 0.798. The summed E-state index contributed by atoms with van der Waals surface area (Å²) in [5.41, 5.74) is 0.575. The van der Waals surface area contributed by atoms with Gasteiger partial charge in [-0.25, -0.2) is 0 Å². The molecule has 1 N–H and O–H groups in total. The molecule has 0 fully saturated rings. The van der Waals surface area contributed by atoms with Gasteiger partial charge in [-0.05, 0) is 18.4 Å². The van der Waals surface area contributed by atoms with Crippen LogP contribution in [-0.2, 0) is 11.2 Å². The SMILES string of the molecule is Cc1cc(NC(=O)Cc2cc(-c3cccs3)on2)no1. The number of rotatable bonds is 4. The van der Waals surface area contributed by atoms with Crippen LogP contribution in [0.2, 0.25) is 0 Å². The van der Waals surface area contributed by atoms with Gasteiger partial charge >= 0.3 is 0 Å². The molecule has 0 saturated carbocycles. The van der Waals surface area contributed by atoms with Gasteiger partial charge in [-0.2, -0.15) is 0 Å². The summed E-state index contributed by atoms with van der Waals surface area (Å²) in [4.78, 5) is 12.8. The van der Waals surface area contributed by atoms with Gasteiger partial charge in [0.15, 0.2) is 11.6 Å². The molecule has 3 aromatic rings. The zero-order chi connectivity index (χ0) is 13.9. The number of nitrogens with zero attached hydrogens (tertiary/aromatic N) is 2. The number of aromatic nitrogens is 2. The third-order valence-corrected chi connectivity index (χ3v) is 3.44. The number of anilines is 1. The minimum absolute atomic E-state index is 0.126. The van der Waals surface area contributed by atoms with Gasteiger partial charge in [-0.15, -0.1) is 11.3 Å². The van der Waals surface area contributed by atoms with Crippen molar-refractivity contribution in [1.29, 1.82) is 0 Å². The fraction of sp³-hybridized carbons (Fsp3) is 0.154. The van der Waals surface area contributed by atoms with E-state index in [1.165, 1.54) is 0 Å². The number of carbonyl (C=O) groups is 1. The molecule has 0 aliphatic carbocycles. The smallest absolute Gasteiger partial charge is 0.231 e. The van der Waals surface area contributed by atoms with Crippen LogP contribution in [0.5, 0.6) is 0 Å². The molecule has 3 rings (SSSR count). The fourth-order valence-corrected chi connectivity index (χ4v) is 2.38. The van der Waals surface area contributed by atoms with E-state index in [0.717, 1.165) is 4.88 Å². The molecular formula is C13H11N3O3S. The number of carbonyl (C=O) groups excluding carboxylic acids is 1. The van der Waals surface area contributed by atoms with Crippen molar-refractivity contribution >= 4 is 23.1 Å². The van der Waals surface area contributed by atoms with E-state index in [-0.39, 0.29) is 12.3 Å². The van der Waals surface area contributed by atoms with Crippen LogP contribution in [0.15, 0.2) is 38.7 Å². The lowest BCUT2D eigenvalue weighted by Gasteiger charge is -1.97. The van der Waals surface area contributed by atoms with Gasteiger partial charge in [0.1, 0.15) is 5.76 Å². The van der Waals surface area contributed by atoms with Crippen LogP contribution in [-0.4, -0.2) is 16.2 Å². The van der Waals surface area contributed by atoms with Crippen molar-refractivity contribution in [3.63, 3.8) is 0 Å². The van der Waals surface area contributed by atoms with Crippen molar-refractivity contribution in [1.82, 2.24) is 10.3 Å². The van der Waals surface area contributed by atoms with Crippen molar-refractivity contribution in [2.75, 3.05) is 5.32 Å². The summed E-state index contributed by atoms with van der Waals surface area (Å²) in [6.07, 6.45) is 0.126. The maximum absolute atomic E-state index is 11.8. The van der Waals surface area contributed by atoms with Crippen molar-refractivity contribution in [3.05, 3.63) is 41.1 Å². The Kier molecular flexibility index (Phi) is 3.34. The first-order chi connectivity index (χ1) is 9.70. The zero-order valence-corrected chi connectivity index (χ0v) is 11.4. The highest BCUT2D eigenvalue weighted by Gasteiger charge is 2.12. The Balaban J connectivity index is 1.64. The van der Waals surface area contributed by atoms with Crippen molar-refractivity contribution < 1.29 is 13.8 Å². The van der Waals surface area contributed by atoms with Crippen LogP contribution in [0.25, 0.3) is 10.6 Å². The molecule has 3 aromatic heterocycles. The Labute approximate surface area is 118 Å². The standard InChI is InChI=1S/C13H11N3O3S/c1-8-5-12(16-18-8)14-13(17)7-9-6-10(19-15-9)11-3-2-4-20-11/h2-6H,7H2,1H3,(H,14,16,17). The molecule has 0 unspecified atom stereocenters. The second kappa shape index (κ2) is 5.30. The molecule has 0 radical (unpaired) electrons. The number of hydrogen-bond donors (Lipinski definition) is 1. The van der Waals surface area contributed by atoms with Crippen LogP contribution in [0, 0.1) is 6.92 Å². The Morgan fingerprint density at radius 1 is 1.35 bits per heavy atom. The second-order valence-electron chi connectivity index (χ2n) is 4.21. The molecule has 1 amide bonds. The highest BCUT2D eigenvalue weighted by atomic mass is 32.1. The van der Waals surface area contributed by atoms with Gasteiger partial charge in [0.2, 0.25) is 5.91 Å². The molecule has 0 aliphatic heterocycles. The first-order valence-electron chi connectivity index (χ1n) is 5.93. The fourth-order valence-electron chi connectivity index (χ4n) is 1.71. The molecule has 0 aromatic carbocycles. The lowest BCUT2D eigenvalue weighted by molar-refractivity contribution is -0.115. The molecule has 0 atom stereocenters. The lowest BCUT2D eigenvalue weighted by atomic mass is 10.2. The minimum Gasteiger partial charge on any atom is -0.360 e. The maximum atomic E-state index is 11.8. The third-order valence-electron chi connectivity index (χ3n) is 2.56. The molecule has 102 valence electrons. The van der Waals surface area contributed by atoms with Crippen LogP contribution in [0.1, 0.15) is 11.5 Å². The highest BCUT2D eigenvalue weighted by molar-refractivity contribution is 7.13. The molecule has 6 nitrogen and oxygen atoms in total. The molecular weight excluding hydrogens is 278 g/mol. The van der Waals surface area contributed by atoms with E-state index >= 15 is 0 Å². The summed E-state index contributed by atoms with van der Waals surface area (Å²) in [7, 11) is 0. The number of amides is 1. The summed E-state index contributed by atoms with van der Waals surface area (Å²) in [5.74, 6) is 1.49. The molecule has 0 aliphatic rings. The average molecular weight is 289 g/mol. The first-order valence-corrected chi connectivity index (χ1v) is 6.81. The Morgan fingerprint density at radius 2 is 2.25 bits per heavy atom. The summed E-state index contributed by atoms with van der Waals surface area (Å²) < 4.78 is 10.1. The number of nitrogens with one attached hydrogen (secondary N) is 1. The summed E-state index contributed by atoms with van der Waals surface area (Å²) in [6, 6.07) is 7.28. The van der Waals surface area contributed by atoms with E-state index in [1.54, 1.807) is 30.4 Å². The van der Waals surface area contributed by atoms with Crippen LogP contribution in [0.3, 0.4) is 0 Å². The summed E-state index contributed by atoms with van der Waals surface area (Å²) in [6.45, 7) is 1.76. The minimum atomic E-state index is -0.218. The van der Waals surface area contributed by atoms with Crippen molar-refractivity contribution in [3.8, 4) is 10.6 Å². The maximum Gasteiger partial charge on any atom is 0.231 e. The van der Waals surface area contributed by atoms with E-state index < -0.39 is 0 Å². The van der Waals surface area contributed by atoms with E-state index in [1.807, 2.05) is 17.5 Å². The van der Waals surface area contributed by atoms with Crippen molar-refractivity contribution in [2.24, 2.45) is 0 Å². The monoisotopic (exact) mass is 289 g/mol. The Bertz CT molecular complexity index is 715. The average Bonchev–Trinajstić information content (AvgIpc) is 3.10. The second-order valence-corrected chi connectivity index (χ2v) is 5.16. The van der Waals surface area contributed by atoms with Gasteiger partial charge in [0, 0.05) is 12.1 Å². The van der Waals surface area contributed by atoms with E-state index in [4.69, 9.17) is 9.05 Å². The van der Waals surface area contributed by atoms with Gasteiger partial charge in [-0.3, -0.25) is 4.79 Å². The van der Waals surface area contributed by atoms with Crippen LogP contribution in [0.4, 0.5) is 5.82 Å². The Hall–Kier alpha value is -2.41. The topological polar surface area (TPSA) is 81.2 Å². The summed E-state index contributed by atoms with van der Waals surface area (Å²) >= 11 is 1.56. The number of aryl methyl sites for hydroxylation is 1. The molecule has 20 heavy (non-hydrogen) atoms. The highest BCUT2D eigenvalue weighted by Crippen LogP contribution is 2.25. The molecule has 0 bridgehead atoms. The van der Waals surface area contributed by atoms with Gasteiger partial charge in [-0.1, -0.05) is 16.4 Å². The van der Waals surface area contributed by atoms with E-state index in [2.05, 4.69) is 15.6 Å². The largest absolute Gasteiger partial charge is 0.360 e. The predicted molar refractivity (Wildman–Crippen MR) is 73.4 cm³/mol. The van der Waals surface area contributed by atoms with Gasteiger partial charge in [0.05, 0.1) is 17.0 Å². The van der Waals surface area contributed by atoms with Crippen LogP contribution < -0.4 is 5.32 Å².